The van der Waals surface area contributed by atoms with Crippen LogP contribution in [0, 0.1) is 0 Å². The molecule has 2 N–H and O–H groups in total. The summed E-state index contributed by atoms with van der Waals surface area (Å²) in [6.07, 6.45) is 5.54. The van der Waals surface area contributed by atoms with E-state index in [1.165, 1.54) is 0 Å². The molecule has 0 saturated heterocycles. The Morgan fingerprint density at radius 3 is 3.00 bits per heavy atom. The average molecular weight is 218 g/mol. The maximum atomic E-state index is 5.78. The number of nitrogens with zero attached hydrogens (tertiary/aromatic N) is 3. The quantitative estimate of drug-likeness (QED) is 0.811. The van der Waals surface area contributed by atoms with E-state index in [1.54, 1.807) is 12.5 Å². The summed E-state index contributed by atoms with van der Waals surface area (Å²) >= 11 is 0. The molecule has 0 unspecified atom stereocenters. The van der Waals surface area contributed by atoms with Crippen molar-refractivity contribution < 1.29 is 4.74 Å². The van der Waals surface area contributed by atoms with Crippen molar-refractivity contribution in [2.75, 3.05) is 0 Å². The fraction of sp³-hybridized carbons (Fsp3) is 0.455. The monoisotopic (exact) mass is 218 g/mol. The number of aromatic nitrogens is 3. The number of fused-ring (bicyclic) bond motifs is 1. The maximum Gasteiger partial charge on any atom is 0.242 e. The molecule has 5 nitrogen and oxygen atoms in total. The highest BCUT2D eigenvalue weighted by Crippen LogP contribution is 2.27. The first kappa shape index (κ1) is 9.59. The highest BCUT2D eigenvalue weighted by molar-refractivity contribution is 5.79. The van der Waals surface area contributed by atoms with Crippen LogP contribution in [0.15, 0.2) is 18.6 Å². The number of nitrogens with two attached hydrogens (primary N) is 1. The topological polar surface area (TPSA) is 66.0 Å². The third-order valence-corrected chi connectivity index (χ3v) is 3.02. The zero-order valence-corrected chi connectivity index (χ0v) is 9.13. The molecule has 0 aromatic carbocycles. The number of pyridine rings is 1. The minimum atomic E-state index is 0.204. The smallest absolute Gasteiger partial charge is 0.242 e. The van der Waals surface area contributed by atoms with Gasteiger partial charge in [0, 0.05) is 19.3 Å². The van der Waals surface area contributed by atoms with Gasteiger partial charge in [0.05, 0.1) is 11.8 Å². The molecule has 0 spiro atoms. The molecule has 5 heteroatoms. The molecule has 3 rings (SSSR count). The third-order valence-electron chi connectivity index (χ3n) is 3.02. The van der Waals surface area contributed by atoms with Gasteiger partial charge < -0.3 is 15.0 Å². The molecule has 1 aliphatic carbocycles. The summed E-state index contributed by atoms with van der Waals surface area (Å²) in [5, 5.41) is 0. The molecule has 2 aromatic rings. The van der Waals surface area contributed by atoms with E-state index in [0.717, 1.165) is 23.9 Å². The van der Waals surface area contributed by atoms with Crippen molar-refractivity contribution in [1.82, 2.24) is 14.5 Å². The van der Waals surface area contributed by atoms with Gasteiger partial charge in [-0.1, -0.05) is 0 Å². The van der Waals surface area contributed by atoms with Gasteiger partial charge in [0.1, 0.15) is 6.10 Å². The van der Waals surface area contributed by atoms with Crippen molar-refractivity contribution in [3.8, 4) is 5.88 Å². The zero-order valence-electron chi connectivity index (χ0n) is 9.13. The van der Waals surface area contributed by atoms with Gasteiger partial charge in [-0.25, -0.2) is 9.97 Å². The molecule has 2 heterocycles. The fourth-order valence-electron chi connectivity index (χ4n) is 1.98. The van der Waals surface area contributed by atoms with Crippen molar-refractivity contribution >= 4 is 11.0 Å². The second kappa shape index (κ2) is 3.45. The lowest BCUT2D eigenvalue weighted by Crippen LogP contribution is -2.43. The van der Waals surface area contributed by atoms with Crippen molar-refractivity contribution in [1.29, 1.82) is 0 Å². The summed E-state index contributed by atoms with van der Waals surface area (Å²) in [4.78, 5) is 8.52. The zero-order chi connectivity index (χ0) is 11.1. The van der Waals surface area contributed by atoms with E-state index in [1.807, 2.05) is 17.7 Å². The van der Waals surface area contributed by atoms with Crippen LogP contribution in [0.1, 0.15) is 12.8 Å². The number of ether oxygens (including phenoxy) is 1. The number of aryl methyl sites for hydroxylation is 1. The maximum absolute atomic E-state index is 5.78. The summed E-state index contributed by atoms with van der Waals surface area (Å²) in [5.74, 6) is 0.620. The van der Waals surface area contributed by atoms with Crippen LogP contribution < -0.4 is 10.5 Å². The van der Waals surface area contributed by atoms with Crippen LogP contribution in [0.3, 0.4) is 0 Å². The van der Waals surface area contributed by atoms with E-state index in [0.29, 0.717) is 5.88 Å². The van der Waals surface area contributed by atoms with Crippen LogP contribution in [0.2, 0.25) is 0 Å². The van der Waals surface area contributed by atoms with Crippen LogP contribution in [-0.2, 0) is 7.05 Å². The highest BCUT2D eigenvalue weighted by Gasteiger charge is 2.28. The number of rotatable bonds is 2. The molecule has 84 valence electrons. The largest absolute Gasteiger partial charge is 0.473 e. The van der Waals surface area contributed by atoms with E-state index in [2.05, 4.69) is 9.97 Å². The molecule has 0 atom stereocenters. The Hall–Kier alpha value is -1.62. The van der Waals surface area contributed by atoms with Crippen LogP contribution in [0.5, 0.6) is 5.88 Å². The van der Waals surface area contributed by atoms with Crippen LogP contribution in [-0.4, -0.2) is 26.7 Å². The van der Waals surface area contributed by atoms with Crippen LogP contribution in [0.25, 0.3) is 11.0 Å². The standard InChI is InChI=1S/C11H14N4O/c1-15-6-14-10-9(15)2-3-13-11(10)16-8-4-7(12)5-8/h2-3,6-8H,4-5,12H2,1H3. The van der Waals surface area contributed by atoms with Crippen molar-refractivity contribution in [2.24, 2.45) is 12.8 Å². The Balaban J connectivity index is 1.91. The van der Waals surface area contributed by atoms with Gasteiger partial charge in [-0.05, 0) is 18.9 Å². The second-order valence-corrected chi connectivity index (χ2v) is 4.31. The molecular weight excluding hydrogens is 204 g/mol. The first-order valence-corrected chi connectivity index (χ1v) is 5.42. The molecule has 1 aliphatic rings. The SMILES string of the molecule is Cn1cnc2c(OC3CC(N)C3)nccc21. The second-order valence-electron chi connectivity index (χ2n) is 4.31. The van der Waals surface area contributed by atoms with E-state index < -0.39 is 0 Å². The van der Waals surface area contributed by atoms with Gasteiger partial charge in [0.2, 0.25) is 5.88 Å². The molecule has 16 heavy (non-hydrogen) atoms. The van der Waals surface area contributed by atoms with Crippen LogP contribution in [0.4, 0.5) is 0 Å². The summed E-state index contributed by atoms with van der Waals surface area (Å²) in [5.41, 5.74) is 7.58. The number of hydrogen-bond acceptors (Lipinski definition) is 4. The summed E-state index contributed by atoms with van der Waals surface area (Å²) in [6.45, 7) is 0. The molecule has 0 bridgehead atoms. The molecule has 0 radical (unpaired) electrons. The molecule has 1 fully saturated rings. The predicted octanol–water partition coefficient (Wildman–Crippen LogP) is 0.837. The van der Waals surface area contributed by atoms with Crippen LogP contribution >= 0.6 is 0 Å². The summed E-state index contributed by atoms with van der Waals surface area (Å²) in [6, 6.07) is 2.22. The van der Waals surface area contributed by atoms with E-state index in [9.17, 15) is 0 Å². The van der Waals surface area contributed by atoms with Gasteiger partial charge in [0.15, 0.2) is 5.52 Å². The lowest BCUT2D eigenvalue weighted by Gasteiger charge is -2.32. The molecular formula is C11H14N4O. The molecule has 1 saturated carbocycles. The van der Waals surface area contributed by atoms with Gasteiger partial charge in [-0.2, -0.15) is 0 Å². The van der Waals surface area contributed by atoms with Crippen molar-refractivity contribution in [2.45, 2.75) is 25.0 Å². The number of hydrogen-bond donors (Lipinski definition) is 1. The molecule has 0 amide bonds. The minimum absolute atomic E-state index is 0.204. The van der Waals surface area contributed by atoms with Gasteiger partial charge >= 0.3 is 0 Å². The first-order valence-electron chi connectivity index (χ1n) is 5.42. The molecule has 2 aromatic heterocycles. The normalized spacial score (nSPS) is 24.4. The lowest BCUT2D eigenvalue weighted by molar-refractivity contribution is 0.0974. The predicted molar refractivity (Wildman–Crippen MR) is 60.1 cm³/mol. The summed E-state index contributed by atoms with van der Waals surface area (Å²) in [7, 11) is 1.96. The lowest BCUT2D eigenvalue weighted by atomic mass is 9.90. The Kier molecular flexibility index (Phi) is 2.07. The first-order chi connectivity index (χ1) is 7.74. The Morgan fingerprint density at radius 2 is 2.25 bits per heavy atom. The van der Waals surface area contributed by atoms with Crippen molar-refractivity contribution in [3.05, 3.63) is 18.6 Å². The minimum Gasteiger partial charge on any atom is -0.473 e. The summed E-state index contributed by atoms with van der Waals surface area (Å²) < 4.78 is 7.74. The van der Waals surface area contributed by atoms with E-state index >= 15 is 0 Å². The van der Waals surface area contributed by atoms with Gasteiger partial charge in [-0.15, -0.1) is 0 Å². The van der Waals surface area contributed by atoms with E-state index in [-0.39, 0.29) is 12.1 Å². The van der Waals surface area contributed by atoms with Gasteiger partial charge in [0.25, 0.3) is 0 Å². The Labute approximate surface area is 93.2 Å². The van der Waals surface area contributed by atoms with Gasteiger partial charge in [-0.3, -0.25) is 0 Å². The molecule has 0 aliphatic heterocycles. The van der Waals surface area contributed by atoms with E-state index in [4.69, 9.17) is 10.5 Å². The fourth-order valence-corrected chi connectivity index (χ4v) is 1.98. The Bertz CT molecular complexity index is 516. The highest BCUT2D eigenvalue weighted by atomic mass is 16.5. The van der Waals surface area contributed by atoms with Crippen molar-refractivity contribution in [3.63, 3.8) is 0 Å². The Morgan fingerprint density at radius 1 is 1.44 bits per heavy atom. The number of imidazole rings is 1. The third kappa shape index (κ3) is 1.44. The average Bonchev–Trinajstić information content (AvgIpc) is 2.60.